The first-order chi connectivity index (χ1) is 14.1. The largest absolute Gasteiger partial charge is 0.594 e. The van der Waals surface area contributed by atoms with Crippen LogP contribution in [0.3, 0.4) is 0 Å². The number of rotatable bonds is 4. The molecule has 0 unspecified atom stereocenters. The summed E-state index contributed by atoms with van der Waals surface area (Å²) in [5.74, 6) is 0.963. The van der Waals surface area contributed by atoms with Gasteiger partial charge in [-0.25, -0.2) is 4.52 Å². The van der Waals surface area contributed by atoms with E-state index in [9.17, 15) is 10.0 Å². The number of carbonyl (C=O) groups is 1. The molecule has 0 aliphatic rings. The van der Waals surface area contributed by atoms with Gasteiger partial charge in [0.15, 0.2) is 0 Å². The summed E-state index contributed by atoms with van der Waals surface area (Å²) in [6, 6.07) is 17.8. The summed E-state index contributed by atoms with van der Waals surface area (Å²) in [4.78, 5) is 13.4. The summed E-state index contributed by atoms with van der Waals surface area (Å²) < 4.78 is 9.06. The number of aryl methyl sites for hydroxylation is 1. The van der Waals surface area contributed by atoms with E-state index in [0.29, 0.717) is 33.1 Å². The maximum atomic E-state index is 12.9. The fourth-order valence-electron chi connectivity index (χ4n) is 3.27. The molecule has 0 radical (unpaired) electrons. The van der Waals surface area contributed by atoms with E-state index in [4.69, 9.17) is 4.74 Å². The molecule has 8 nitrogen and oxygen atoms in total. The van der Waals surface area contributed by atoms with Gasteiger partial charge in [-0.2, -0.15) is 5.10 Å². The van der Waals surface area contributed by atoms with Crippen molar-refractivity contribution in [3.05, 3.63) is 89.5 Å². The first-order valence-corrected chi connectivity index (χ1v) is 8.92. The number of ketones is 1. The van der Waals surface area contributed by atoms with Gasteiger partial charge in [-0.3, -0.25) is 4.79 Å². The number of fused-ring (bicyclic) bond motifs is 3. The van der Waals surface area contributed by atoms with Gasteiger partial charge in [0, 0.05) is 30.5 Å². The van der Waals surface area contributed by atoms with Gasteiger partial charge in [0.2, 0.25) is 11.4 Å². The van der Waals surface area contributed by atoms with Gasteiger partial charge in [-0.05, 0) is 35.2 Å². The van der Waals surface area contributed by atoms with Gasteiger partial charge in [0.05, 0.1) is 17.5 Å². The van der Waals surface area contributed by atoms with Crippen LogP contribution in [0.5, 0.6) is 11.5 Å². The molecule has 5 rings (SSSR count). The second-order valence-corrected chi connectivity index (χ2v) is 6.57. The summed E-state index contributed by atoms with van der Waals surface area (Å²) in [6.45, 7) is 0. The SMILES string of the molecule is Cn1cccc1C(=O)c1cnn2c1n[n+]([O-])c1ccc(Oc3ccccc3)cc12. The normalized spacial score (nSPS) is 11.2. The van der Waals surface area contributed by atoms with Crippen LogP contribution in [0.1, 0.15) is 16.1 Å². The minimum absolute atomic E-state index is 0.190. The summed E-state index contributed by atoms with van der Waals surface area (Å²) in [5, 5.41) is 20.8. The van der Waals surface area contributed by atoms with Gasteiger partial charge >= 0.3 is 0 Å². The van der Waals surface area contributed by atoms with E-state index in [-0.39, 0.29) is 17.0 Å². The Bertz CT molecular complexity index is 1370. The third-order valence-electron chi connectivity index (χ3n) is 4.71. The van der Waals surface area contributed by atoms with Crippen LogP contribution in [0.2, 0.25) is 0 Å². The Morgan fingerprint density at radius 3 is 2.66 bits per heavy atom. The zero-order chi connectivity index (χ0) is 20.0. The molecule has 8 heteroatoms. The quantitative estimate of drug-likeness (QED) is 0.270. The second-order valence-electron chi connectivity index (χ2n) is 6.57. The Kier molecular flexibility index (Phi) is 3.77. The number of hydrogen-bond acceptors (Lipinski definition) is 5. The molecule has 0 spiro atoms. The maximum absolute atomic E-state index is 12.9. The number of benzene rings is 2. The lowest BCUT2D eigenvalue weighted by molar-refractivity contribution is -0.640. The van der Waals surface area contributed by atoms with Crippen LogP contribution < -0.4 is 9.58 Å². The highest BCUT2D eigenvalue weighted by Crippen LogP contribution is 2.25. The van der Waals surface area contributed by atoms with E-state index in [0.717, 1.165) is 0 Å². The number of carbonyl (C=O) groups excluding carboxylic acids is 1. The van der Waals surface area contributed by atoms with Crippen molar-refractivity contribution in [3.8, 4) is 11.5 Å². The van der Waals surface area contributed by atoms with Crippen molar-refractivity contribution in [1.82, 2.24) is 19.3 Å². The van der Waals surface area contributed by atoms with E-state index in [1.165, 1.54) is 10.7 Å². The van der Waals surface area contributed by atoms with E-state index in [1.54, 1.807) is 48.1 Å². The third-order valence-corrected chi connectivity index (χ3v) is 4.71. The fourth-order valence-corrected chi connectivity index (χ4v) is 3.27. The lowest BCUT2D eigenvalue weighted by Gasteiger charge is -2.07. The molecule has 0 aliphatic heterocycles. The predicted molar refractivity (Wildman–Crippen MR) is 105 cm³/mol. The van der Waals surface area contributed by atoms with Crippen LogP contribution in [-0.2, 0) is 7.05 Å². The Labute approximate surface area is 164 Å². The lowest BCUT2D eigenvalue weighted by Crippen LogP contribution is -2.33. The van der Waals surface area contributed by atoms with Crippen molar-refractivity contribution >= 4 is 22.5 Å². The number of hydrogen-bond donors (Lipinski definition) is 0. The van der Waals surface area contributed by atoms with E-state index < -0.39 is 0 Å². The molecule has 0 amide bonds. The Balaban J connectivity index is 1.66. The number of nitrogens with zero attached hydrogens (tertiary/aromatic N) is 5. The lowest BCUT2D eigenvalue weighted by atomic mass is 10.1. The minimum atomic E-state index is -0.254. The van der Waals surface area contributed by atoms with Gasteiger partial charge < -0.3 is 14.5 Å². The standard InChI is InChI=1S/C21H15N5O3/c1-24-11-5-8-18(24)20(27)16-13-22-25-19-12-15(29-14-6-3-2-4-7-14)9-10-17(19)26(28)23-21(16)25/h2-13H,1H3. The number of ether oxygens (including phenoxy) is 1. The van der Waals surface area contributed by atoms with Crippen molar-refractivity contribution in [2.45, 2.75) is 0 Å². The molecule has 3 aromatic heterocycles. The smallest absolute Gasteiger partial charge is 0.270 e. The predicted octanol–water partition coefficient (Wildman–Crippen LogP) is 2.88. The van der Waals surface area contributed by atoms with Crippen LogP contribution in [0, 0.1) is 5.21 Å². The summed E-state index contributed by atoms with van der Waals surface area (Å²) in [5.41, 5.74) is 1.74. The second kappa shape index (κ2) is 6.45. The monoisotopic (exact) mass is 385 g/mol. The fraction of sp³-hybridized carbons (Fsp3) is 0.0476. The van der Waals surface area contributed by atoms with Gasteiger partial charge in [0.1, 0.15) is 17.0 Å². The van der Waals surface area contributed by atoms with Gasteiger partial charge in [-0.15, -0.1) is 0 Å². The van der Waals surface area contributed by atoms with Crippen LogP contribution in [0.4, 0.5) is 0 Å². The van der Waals surface area contributed by atoms with Crippen molar-refractivity contribution in [3.63, 3.8) is 0 Å². The Morgan fingerprint density at radius 2 is 1.90 bits per heavy atom. The molecule has 0 fully saturated rings. The van der Waals surface area contributed by atoms with Crippen molar-refractivity contribution < 1.29 is 14.4 Å². The summed E-state index contributed by atoms with van der Waals surface area (Å²) in [7, 11) is 1.78. The third kappa shape index (κ3) is 2.78. The first-order valence-electron chi connectivity index (χ1n) is 8.92. The van der Waals surface area contributed by atoms with Crippen LogP contribution in [-0.4, -0.2) is 25.1 Å². The minimum Gasteiger partial charge on any atom is -0.594 e. The van der Waals surface area contributed by atoms with Crippen molar-refractivity contribution in [1.29, 1.82) is 0 Å². The topological polar surface area (TPSA) is 88.4 Å². The molecule has 0 bridgehead atoms. The Morgan fingerprint density at radius 1 is 1.07 bits per heavy atom. The molecule has 5 aromatic rings. The highest BCUT2D eigenvalue weighted by Gasteiger charge is 2.23. The maximum Gasteiger partial charge on any atom is 0.270 e. The molecule has 142 valence electrons. The van der Waals surface area contributed by atoms with Crippen molar-refractivity contribution in [2.24, 2.45) is 7.05 Å². The van der Waals surface area contributed by atoms with Crippen LogP contribution >= 0.6 is 0 Å². The first kappa shape index (κ1) is 16.9. The van der Waals surface area contributed by atoms with E-state index >= 15 is 0 Å². The molecule has 0 aliphatic carbocycles. The summed E-state index contributed by atoms with van der Waals surface area (Å²) in [6.07, 6.45) is 3.21. The zero-order valence-electron chi connectivity index (χ0n) is 15.4. The summed E-state index contributed by atoms with van der Waals surface area (Å²) >= 11 is 0. The molecule has 0 saturated carbocycles. The van der Waals surface area contributed by atoms with Crippen molar-refractivity contribution in [2.75, 3.05) is 0 Å². The van der Waals surface area contributed by atoms with Gasteiger partial charge in [0.25, 0.3) is 5.52 Å². The van der Waals surface area contributed by atoms with Crippen LogP contribution in [0.25, 0.3) is 16.7 Å². The highest BCUT2D eigenvalue weighted by molar-refractivity contribution is 6.11. The Hall–Kier alpha value is -4.20. The number of aromatic nitrogens is 5. The molecule has 2 aromatic carbocycles. The van der Waals surface area contributed by atoms with Crippen LogP contribution in [0.15, 0.2) is 73.1 Å². The molecule has 3 heterocycles. The van der Waals surface area contributed by atoms with E-state index in [1.807, 2.05) is 30.3 Å². The molecule has 29 heavy (non-hydrogen) atoms. The zero-order valence-corrected chi connectivity index (χ0v) is 15.4. The highest BCUT2D eigenvalue weighted by atomic mass is 16.5. The van der Waals surface area contributed by atoms with Gasteiger partial charge in [-0.1, -0.05) is 18.2 Å². The molecular weight excluding hydrogens is 370 g/mol. The molecule has 0 N–H and O–H groups in total. The average molecular weight is 385 g/mol. The molecule has 0 saturated heterocycles. The molecule has 0 atom stereocenters. The average Bonchev–Trinajstić information content (AvgIpc) is 3.35. The molecular formula is C21H15N5O3. The van der Waals surface area contributed by atoms with E-state index in [2.05, 4.69) is 10.2 Å². The number of para-hydroxylation sites is 1.